The van der Waals surface area contributed by atoms with Crippen LogP contribution in [0, 0.1) is 5.92 Å². The Morgan fingerprint density at radius 3 is 2.94 bits per heavy atom. The number of hydrogen-bond acceptors (Lipinski definition) is 2. The topological polar surface area (TPSA) is 29.5 Å². The molecule has 1 aromatic carbocycles. The monoisotopic (exact) mass is 245 g/mol. The van der Waals surface area contributed by atoms with Crippen LogP contribution in [0.1, 0.15) is 12.5 Å². The van der Waals surface area contributed by atoms with Gasteiger partial charge in [0.05, 0.1) is 18.6 Å². The quantitative estimate of drug-likeness (QED) is 0.761. The van der Waals surface area contributed by atoms with E-state index in [9.17, 15) is 4.79 Å². The smallest absolute Gasteiger partial charge is 0.231 e. The molecule has 2 atom stereocenters. The molecule has 1 aromatic rings. The van der Waals surface area contributed by atoms with Gasteiger partial charge in [-0.05, 0) is 12.0 Å². The fourth-order valence-electron chi connectivity index (χ4n) is 2.14. The summed E-state index contributed by atoms with van der Waals surface area (Å²) in [6, 6.07) is 10.3. The summed E-state index contributed by atoms with van der Waals surface area (Å²) in [6.45, 7) is 6.55. The molecule has 18 heavy (non-hydrogen) atoms. The molecule has 1 fully saturated rings. The summed E-state index contributed by atoms with van der Waals surface area (Å²) in [5.41, 5.74) is 1.23. The Balaban J connectivity index is 2.04. The standard InChI is InChI=1S/C15H19NO2/c1-3-12(2)15(17)16-11-18-10-14(16)9-13-7-5-4-6-8-13/h3-8,12,14H,1,9-11H2,2H3/t12-,14+/m0/s1. The summed E-state index contributed by atoms with van der Waals surface area (Å²) in [5.74, 6) is -0.0478. The van der Waals surface area contributed by atoms with E-state index in [-0.39, 0.29) is 17.9 Å². The van der Waals surface area contributed by atoms with Crippen molar-refractivity contribution in [2.24, 2.45) is 5.92 Å². The van der Waals surface area contributed by atoms with E-state index in [0.717, 1.165) is 6.42 Å². The summed E-state index contributed by atoms with van der Waals surface area (Å²) in [5, 5.41) is 0. The lowest BCUT2D eigenvalue weighted by Gasteiger charge is -2.24. The van der Waals surface area contributed by atoms with Gasteiger partial charge in [-0.25, -0.2) is 0 Å². The van der Waals surface area contributed by atoms with Crippen molar-refractivity contribution in [1.82, 2.24) is 4.90 Å². The van der Waals surface area contributed by atoms with Crippen LogP contribution in [-0.2, 0) is 16.0 Å². The zero-order chi connectivity index (χ0) is 13.0. The normalized spacial score (nSPS) is 20.7. The summed E-state index contributed by atoms with van der Waals surface area (Å²) >= 11 is 0. The van der Waals surface area contributed by atoms with Gasteiger partial charge in [-0.1, -0.05) is 43.3 Å². The van der Waals surface area contributed by atoms with Crippen molar-refractivity contribution in [3.05, 3.63) is 48.6 Å². The molecule has 0 N–H and O–H groups in total. The van der Waals surface area contributed by atoms with E-state index in [4.69, 9.17) is 4.74 Å². The van der Waals surface area contributed by atoms with Gasteiger partial charge in [0.1, 0.15) is 6.73 Å². The molecular weight excluding hydrogens is 226 g/mol. The largest absolute Gasteiger partial charge is 0.359 e. The van der Waals surface area contributed by atoms with Crippen molar-refractivity contribution >= 4 is 5.91 Å². The van der Waals surface area contributed by atoms with E-state index in [2.05, 4.69) is 18.7 Å². The molecule has 0 saturated carbocycles. The van der Waals surface area contributed by atoms with Gasteiger partial charge in [-0.15, -0.1) is 6.58 Å². The summed E-state index contributed by atoms with van der Waals surface area (Å²) in [7, 11) is 0. The third kappa shape index (κ3) is 2.79. The Morgan fingerprint density at radius 2 is 2.28 bits per heavy atom. The molecule has 0 bridgehead atoms. The summed E-state index contributed by atoms with van der Waals surface area (Å²) < 4.78 is 5.43. The number of carbonyl (C=O) groups excluding carboxylic acids is 1. The maximum Gasteiger partial charge on any atom is 0.231 e. The summed E-state index contributed by atoms with van der Waals surface area (Å²) in [6.07, 6.45) is 2.52. The molecule has 1 amide bonds. The first-order chi connectivity index (χ1) is 8.72. The molecule has 3 nitrogen and oxygen atoms in total. The van der Waals surface area contributed by atoms with Crippen molar-refractivity contribution in [2.45, 2.75) is 19.4 Å². The zero-order valence-corrected chi connectivity index (χ0v) is 10.7. The van der Waals surface area contributed by atoms with Gasteiger partial charge < -0.3 is 9.64 Å². The second kappa shape index (κ2) is 5.83. The maximum atomic E-state index is 12.2. The van der Waals surface area contributed by atoms with Crippen molar-refractivity contribution in [3.8, 4) is 0 Å². The Kier molecular flexibility index (Phi) is 4.15. The van der Waals surface area contributed by atoms with Gasteiger partial charge in [0.25, 0.3) is 0 Å². The lowest BCUT2D eigenvalue weighted by molar-refractivity contribution is -0.135. The van der Waals surface area contributed by atoms with E-state index >= 15 is 0 Å². The second-order valence-corrected chi connectivity index (χ2v) is 4.68. The number of rotatable bonds is 4. The van der Waals surface area contributed by atoms with E-state index in [1.54, 1.807) is 6.08 Å². The highest BCUT2D eigenvalue weighted by Crippen LogP contribution is 2.18. The van der Waals surface area contributed by atoms with Crippen LogP contribution in [0.15, 0.2) is 43.0 Å². The highest BCUT2D eigenvalue weighted by molar-refractivity contribution is 5.80. The molecule has 96 valence electrons. The first-order valence-electron chi connectivity index (χ1n) is 6.27. The first-order valence-corrected chi connectivity index (χ1v) is 6.27. The fourth-order valence-corrected chi connectivity index (χ4v) is 2.14. The SMILES string of the molecule is C=C[C@H](C)C(=O)N1COC[C@H]1Cc1ccccc1. The fraction of sp³-hybridized carbons (Fsp3) is 0.400. The average Bonchev–Trinajstić information content (AvgIpc) is 2.86. The Bertz CT molecular complexity index is 416. The van der Waals surface area contributed by atoms with Crippen LogP contribution in [0.25, 0.3) is 0 Å². The molecule has 3 heteroatoms. The third-order valence-corrected chi connectivity index (χ3v) is 3.32. The molecule has 2 rings (SSSR count). The van der Waals surface area contributed by atoms with Gasteiger partial charge in [0.2, 0.25) is 5.91 Å². The average molecular weight is 245 g/mol. The number of amides is 1. The van der Waals surface area contributed by atoms with Crippen molar-refractivity contribution in [1.29, 1.82) is 0 Å². The Labute approximate surface area is 108 Å². The minimum absolute atomic E-state index is 0.100. The zero-order valence-electron chi connectivity index (χ0n) is 10.7. The van der Waals surface area contributed by atoms with Crippen molar-refractivity contribution in [2.75, 3.05) is 13.3 Å². The van der Waals surface area contributed by atoms with Gasteiger partial charge in [-0.2, -0.15) is 0 Å². The van der Waals surface area contributed by atoms with Gasteiger partial charge in [0.15, 0.2) is 0 Å². The molecule has 1 saturated heterocycles. The van der Waals surface area contributed by atoms with E-state index in [0.29, 0.717) is 13.3 Å². The van der Waals surface area contributed by atoms with Crippen LogP contribution < -0.4 is 0 Å². The van der Waals surface area contributed by atoms with E-state index < -0.39 is 0 Å². The molecule has 0 radical (unpaired) electrons. The number of ether oxygens (including phenoxy) is 1. The van der Waals surface area contributed by atoms with Crippen LogP contribution in [0.3, 0.4) is 0 Å². The minimum Gasteiger partial charge on any atom is -0.359 e. The Morgan fingerprint density at radius 1 is 1.56 bits per heavy atom. The molecule has 0 aromatic heterocycles. The Hall–Kier alpha value is -1.61. The number of nitrogens with zero attached hydrogens (tertiary/aromatic N) is 1. The third-order valence-electron chi connectivity index (χ3n) is 3.32. The molecule has 1 heterocycles. The highest BCUT2D eigenvalue weighted by Gasteiger charge is 2.31. The lowest BCUT2D eigenvalue weighted by Crippen LogP contribution is -2.40. The molecule has 0 spiro atoms. The lowest BCUT2D eigenvalue weighted by atomic mass is 10.0. The molecule has 1 aliphatic rings. The van der Waals surface area contributed by atoms with Crippen molar-refractivity contribution in [3.63, 3.8) is 0 Å². The van der Waals surface area contributed by atoms with E-state index in [1.165, 1.54) is 5.56 Å². The van der Waals surface area contributed by atoms with Crippen LogP contribution in [-0.4, -0.2) is 30.2 Å². The number of hydrogen-bond donors (Lipinski definition) is 0. The van der Waals surface area contributed by atoms with Crippen LogP contribution >= 0.6 is 0 Å². The van der Waals surface area contributed by atoms with Crippen LogP contribution in [0.5, 0.6) is 0 Å². The van der Waals surface area contributed by atoms with Gasteiger partial charge in [0, 0.05) is 0 Å². The number of benzene rings is 1. The summed E-state index contributed by atoms with van der Waals surface area (Å²) in [4.78, 5) is 14.0. The molecule has 0 unspecified atom stereocenters. The minimum atomic E-state index is -0.148. The van der Waals surface area contributed by atoms with E-state index in [1.807, 2.05) is 30.0 Å². The molecule has 0 aliphatic carbocycles. The van der Waals surface area contributed by atoms with Gasteiger partial charge in [-0.3, -0.25) is 4.79 Å². The first kappa shape index (κ1) is 12.8. The van der Waals surface area contributed by atoms with Crippen LogP contribution in [0.4, 0.5) is 0 Å². The van der Waals surface area contributed by atoms with Crippen LogP contribution in [0.2, 0.25) is 0 Å². The molecular formula is C15H19NO2. The maximum absolute atomic E-state index is 12.2. The predicted molar refractivity (Wildman–Crippen MR) is 71.0 cm³/mol. The highest BCUT2D eigenvalue weighted by atomic mass is 16.5. The molecule has 1 aliphatic heterocycles. The van der Waals surface area contributed by atoms with Gasteiger partial charge >= 0.3 is 0 Å². The van der Waals surface area contributed by atoms with Crippen molar-refractivity contribution < 1.29 is 9.53 Å². The second-order valence-electron chi connectivity index (χ2n) is 4.68. The predicted octanol–water partition coefficient (Wildman–Crippen LogP) is 2.24. The number of carbonyl (C=O) groups is 1.